The number of alkyl halides is 1. The first kappa shape index (κ1) is 14.9. The first-order valence-electron chi connectivity index (χ1n) is 6.95. The van der Waals surface area contributed by atoms with Gasteiger partial charge in [-0.05, 0) is 31.6 Å². The molecular weight excluding hydrogens is 281 g/mol. The second-order valence-electron chi connectivity index (χ2n) is 5.29. The molecule has 5 heteroatoms. The van der Waals surface area contributed by atoms with Crippen LogP contribution in [0.3, 0.4) is 0 Å². The summed E-state index contributed by atoms with van der Waals surface area (Å²) >= 11 is 12.1. The fraction of sp³-hybridized carbons (Fsp3) is 0.714. The van der Waals surface area contributed by atoms with Gasteiger partial charge in [-0.1, -0.05) is 24.9 Å². The minimum Gasteiger partial charge on any atom is -0.356 e. The molecule has 0 atom stereocenters. The van der Waals surface area contributed by atoms with Gasteiger partial charge in [-0.2, -0.15) is 0 Å². The average Bonchev–Trinajstić information content (AvgIpc) is 2.46. The van der Waals surface area contributed by atoms with E-state index in [9.17, 15) is 0 Å². The molecule has 1 saturated carbocycles. The maximum Gasteiger partial charge on any atom is 0.138 e. The van der Waals surface area contributed by atoms with Crippen LogP contribution in [0.15, 0.2) is 6.33 Å². The Morgan fingerprint density at radius 3 is 2.53 bits per heavy atom. The molecular formula is C14H21Cl2N3. The molecule has 1 aliphatic rings. The summed E-state index contributed by atoms with van der Waals surface area (Å²) in [5.74, 6) is 2.13. The van der Waals surface area contributed by atoms with Gasteiger partial charge in [0.05, 0.1) is 5.88 Å². The van der Waals surface area contributed by atoms with Crippen molar-refractivity contribution >= 4 is 29.0 Å². The molecule has 1 heterocycles. The smallest absolute Gasteiger partial charge is 0.138 e. The highest BCUT2D eigenvalue weighted by molar-refractivity contribution is 6.31. The van der Waals surface area contributed by atoms with Gasteiger partial charge < -0.3 is 4.90 Å². The summed E-state index contributed by atoms with van der Waals surface area (Å²) in [5.41, 5.74) is 0.839. The van der Waals surface area contributed by atoms with E-state index < -0.39 is 0 Å². The highest BCUT2D eigenvalue weighted by Crippen LogP contribution is 2.33. The van der Waals surface area contributed by atoms with Crippen LogP contribution < -0.4 is 4.90 Å². The number of anilines is 1. The highest BCUT2D eigenvalue weighted by atomic mass is 35.5. The van der Waals surface area contributed by atoms with E-state index in [1.165, 1.54) is 38.4 Å². The van der Waals surface area contributed by atoms with Crippen LogP contribution in [0.1, 0.15) is 44.6 Å². The minimum absolute atomic E-state index is 0.351. The van der Waals surface area contributed by atoms with Crippen LogP contribution >= 0.6 is 23.2 Å². The second kappa shape index (κ2) is 6.76. The molecule has 0 bridgehead atoms. The van der Waals surface area contributed by atoms with E-state index in [0.717, 1.165) is 17.3 Å². The first-order chi connectivity index (χ1) is 9.17. The first-order valence-corrected chi connectivity index (χ1v) is 7.86. The largest absolute Gasteiger partial charge is 0.356 e. The molecule has 0 saturated heterocycles. The minimum atomic E-state index is 0.351. The molecule has 0 radical (unpaired) electrons. The van der Waals surface area contributed by atoms with Gasteiger partial charge in [0.1, 0.15) is 17.3 Å². The van der Waals surface area contributed by atoms with Crippen molar-refractivity contribution in [3.05, 3.63) is 17.0 Å². The predicted molar refractivity (Wildman–Crippen MR) is 81.0 cm³/mol. The normalized spacial score (nSPS) is 23.4. The van der Waals surface area contributed by atoms with Crippen LogP contribution in [-0.2, 0) is 5.88 Å². The van der Waals surface area contributed by atoms with E-state index in [2.05, 4.69) is 28.8 Å². The topological polar surface area (TPSA) is 29.0 Å². The molecule has 1 aliphatic carbocycles. The van der Waals surface area contributed by atoms with Crippen molar-refractivity contribution in [3.63, 3.8) is 0 Å². The number of hydrogen-bond donors (Lipinski definition) is 0. The maximum absolute atomic E-state index is 6.10. The highest BCUT2D eigenvalue weighted by Gasteiger charge is 2.25. The number of halogens is 2. The molecule has 2 rings (SSSR count). The van der Waals surface area contributed by atoms with Crippen molar-refractivity contribution in [2.24, 2.45) is 5.92 Å². The van der Waals surface area contributed by atoms with Crippen LogP contribution in [0.25, 0.3) is 0 Å². The van der Waals surface area contributed by atoms with Crippen molar-refractivity contribution < 1.29 is 0 Å². The summed E-state index contributed by atoms with van der Waals surface area (Å²) in [5, 5.41) is 0.467. The van der Waals surface area contributed by atoms with Crippen molar-refractivity contribution in [2.45, 2.75) is 50.9 Å². The van der Waals surface area contributed by atoms with Crippen molar-refractivity contribution in [2.75, 3.05) is 11.9 Å². The molecule has 0 unspecified atom stereocenters. The van der Waals surface area contributed by atoms with Crippen LogP contribution in [-0.4, -0.2) is 23.1 Å². The molecule has 0 spiro atoms. The van der Waals surface area contributed by atoms with Gasteiger partial charge in [0.2, 0.25) is 0 Å². The van der Waals surface area contributed by atoms with Gasteiger partial charge in [0, 0.05) is 18.7 Å². The SMILES string of the molecule is CCC1CCC(N(C)c2ncnc(Cl)c2CCl)CC1. The third kappa shape index (κ3) is 3.32. The van der Waals surface area contributed by atoms with Crippen molar-refractivity contribution in [1.29, 1.82) is 0 Å². The van der Waals surface area contributed by atoms with E-state index in [4.69, 9.17) is 23.2 Å². The van der Waals surface area contributed by atoms with Gasteiger partial charge in [-0.25, -0.2) is 9.97 Å². The fourth-order valence-electron chi connectivity index (χ4n) is 2.91. The number of nitrogens with zero attached hydrogens (tertiary/aromatic N) is 3. The van der Waals surface area contributed by atoms with Crippen LogP contribution in [0, 0.1) is 5.92 Å². The molecule has 1 fully saturated rings. The van der Waals surface area contributed by atoms with E-state index in [1.54, 1.807) is 0 Å². The quantitative estimate of drug-likeness (QED) is 0.614. The zero-order chi connectivity index (χ0) is 13.8. The Balaban J connectivity index is 2.12. The monoisotopic (exact) mass is 301 g/mol. The molecule has 0 N–H and O–H groups in total. The summed E-state index contributed by atoms with van der Waals surface area (Å²) in [6, 6.07) is 0.538. The van der Waals surface area contributed by atoms with Gasteiger partial charge >= 0.3 is 0 Å². The third-order valence-corrected chi connectivity index (χ3v) is 4.87. The molecule has 19 heavy (non-hydrogen) atoms. The number of rotatable bonds is 4. The standard InChI is InChI=1S/C14H21Cl2N3/c1-3-10-4-6-11(7-5-10)19(2)14-12(8-15)13(16)17-9-18-14/h9-11H,3-8H2,1-2H3. The summed E-state index contributed by atoms with van der Waals surface area (Å²) in [7, 11) is 2.09. The Hall–Kier alpha value is -0.540. The van der Waals surface area contributed by atoms with Gasteiger partial charge in [-0.3, -0.25) is 0 Å². The van der Waals surface area contributed by atoms with E-state index in [-0.39, 0.29) is 0 Å². The Morgan fingerprint density at radius 2 is 1.95 bits per heavy atom. The van der Waals surface area contributed by atoms with Crippen molar-refractivity contribution in [3.8, 4) is 0 Å². The Labute approximate surface area is 125 Å². The van der Waals surface area contributed by atoms with Crippen LogP contribution in [0.4, 0.5) is 5.82 Å². The summed E-state index contributed by atoms with van der Waals surface area (Å²) in [6.45, 7) is 2.28. The molecule has 1 aromatic rings. The second-order valence-corrected chi connectivity index (χ2v) is 5.92. The Bertz CT molecular complexity index is 417. The van der Waals surface area contributed by atoms with Gasteiger partial charge in [0.25, 0.3) is 0 Å². The van der Waals surface area contributed by atoms with E-state index in [0.29, 0.717) is 17.1 Å². The average molecular weight is 302 g/mol. The summed E-state index contributed by atoms with van der Waals surface area (Å²) < 4.78 is 0. The van der Waals surface area contributed by atoms with E-state index in [1.807, 2.05) is 0 Å². The number of hydrogen-bond acceptors (Lipinski definition) is 3. The Kier molecular flexibility index (Phi) is 5.28. The lowest BCUT2D eigenvalue weighted by Gasteiger charge is -2.35. The zero-order valence-electron chi connectivity index (χ0n) is 11.6. The lowest BCUT2D eigenvalue weighted by molar-refractivity contribution is 0.312. The fourth-order valence-corrected chi connectivity index (χ4v) is 3.42. The van der Waals surface area contributed by atoms with E-state index >= 15 is 0 Å². The third-order valence-electron chi connectivity index (χ3n) is 4.28. The summed E-state index contributed by atoms with van der Waals surface area (Å²) in [4.78, 5) is 10.6. The molecule has 1 aromatic heterocycles. The molecule has 0 amide bonds. The van der Waals surface area contributed by atoms with Crippen LogP contribution in [0.5, 0.6) is 0 Å². The Morgan fingerprint density at radius 1 is 1.26 bits per heavy atom. The predicted octanol–water partition coefficient (Wildman–Crippen LogP) is 4.27. The summed E-state index contributed by atoms with van der Waals surface area (Å²) in [6.07, 6.45) is 7.86. The lowest BCUT2D eigenvalue weighted by Crippen LogP contribution is -2.36. The lowest BCUT2D eigenvalue weighted by atomic mass is 9.84. The molecule has 3 nitrogen and oxygen atoms in total. The zero-order valence-corrected chi connectivity index (χ0v) is 13.1. The van der Waals surface area contributed by atoms with Crippen LogP contribution in [0.2, 0.25) is 5.15 Å². The molecule has 0 aliphatic heterocycles. The molecule has 106 valence electrons. The number of aromatic nitrogens is 2. The van der Waals surface area contributed by atoms with Crippen molar-refractivity contribution in [1.82, 2.24) is 9.97 Å². The maximum atomic E-state index is 6.10. The van der Waals surface area contributed by atoms with Gasteiger partial charge in [0.15, 0.2) is 0 Å². The van der Waals surface area contributed by atoms with Gasteiger partial charge in [-0.15, -0.1) is 11.6 Å². The molecule has 0 aromatic carbocycles.